The number of pyridine rings is 1. The maximum absolute atomic E-state index is 14.0. The Morgan fingerprint density at radius 2 is 1.76 bits per heavy atom. The second-order valence-corrected chi connectivity index (χ2v) is 10.9. The number of aromatic hydroxyl groups is 1. The van der Waals surface area contributed by atoms with Crippen molar-refractivity contribution in [1.82, 2.24) is 30.1 Å². The molecule has 1 aromatic heterocycles. The van der Waals surface area contributed by atoms with Crippen LogP contribution in [0.15, 0.2) is 91.6 Å². The van der Waals surface area contributed by atoms with Crippen molar-refractivity contribution >= 4 is 29.6 Å². The van der Waals surface area contributed by atoms with Crippen molar-refractivity contribution in [2.75, 3.05) is 31.5 Å². The number of piperazine rings is 1. The third-order valence-electron chi connectivity index (χ3n) is 7.79. The average molecular weight is 612 g/mol. The topological polar surface area (TPSA) is 138 Å². The average Bonchev–Trinajstić information content (AvgIpc) is 3.04. The van der Waals surface area contributed by atoms with Crippen LogP contribution in [0.5, 0.6) is 5.75 Å². The van der Waals surface area contributed by atoms with Crippen molar-refractivity contribution in [3.63, 3.8) is 0 Å². The summed E-state index contributed by atoms with van der Waals surface area (Å²) in [5.41, 5.74) is 1.67. The van der Waals surface area contributed by atoms with Gasteiger partial charge in [0.15, 0.2) is 0 Å². The van der Waals surface area contributed by atoms with E-state index in [4.69, 9.17) is 0 Å². The predicted octanol–water partition coefficient (Wildman–Crippen LogP) is 2.74. The molecule has 0 aliphatic carbocycles. The van der Waals surface area contributed by atoms with E-state index >= 15 is 0 Å². The smallest absolute Gasteiger partial charge is 0.334 e. The molecule has 2 fully saturated rings. The molecule has 234 valence electrons. The zero-order valence-electron chi connectivity index (χ0n) is 24.9. The fourth-order valence-corrected chi connectivity index (χ4v) is 5.68. The summed E-state index contributed by atoms with van der Waals surface area (Å²) in [6, 6.07) is 19.9. The second-order valence-electron chi connectivity index (χ2n) is 10.9. The number of urea groups is 1. The third kappa shape index (κ3) is 7.65. The lowest BCUT2D eigenvalue weighted by Gasteiger charge is -2.55. The van der Waals surface area contributed by atoms with Crippen LogP contribution in [0.3, 0.4) is 0 Å². The summed E-state index contributed by atoms with van der Waals surface area (Å²) >= 11 is 0. The number of hydrogen-bond donors (Lipinski definition) is 3. The van der Waals surface area contributed by atoms with Gasteiger partial charge >= 0.3 is 6.03 Å². The number of phenols is 1. The van der Waals surface area contributed by atoms with E-state index in [0.29, 0.717) is 12.2 Å². The zero-order chi connectivity index (χ0) is 31.8. The van der Waals surface area contributed by atoms with Crippen LogP contribution in [-0.4, -0.2) is 92.0 Å². The van der Waals surface area contributed by atoms with Gasteiger partial charge in [0, 0.05) is 38.7 Å². The number of hydrazine groups is 1. The van der Waals surface area contributed by atoms with Crippen molar-refractivity contribution in [3.8, 4) is 5.75 Å². The number of rotatable bonds is 11. The summed E-state index contributed by atoms with van der Waals surface area (Å²) in [5, 5.41) is 18.7. The lowest BCUT2D eigenvalue weighted by Crippen LogP contribution is -2.76. The Labute approximate surface area is 261 Å². The quantitative estimate of drug-likeness (QED) is 0.284. The molecule has 0 radical (unpaired) electrons. The van der Waals surface area contributed by atoms with Gasteiger partial charge in [-0.3, -0.25) is 14.4 Å². The van der Waals surface area contributed by atoms with Crippen LogP contribution in [0.25, 0.3) is 0 Å². The molecule has 2 saturated heterocycles. The van der Waals surface area contributed by atoms with Crippen LogP contribution in [0, 0.1) is 0 Å². The van der Waals surface area contributed by atoms with Gasteiger partial charge in [-0.25, -0.2) is 19.8 Å². The second kappa shape index (κ2) is 14.5. The largest absolute Gasteiger partial charge is 0.508 e. The number of anilines is 1. The summed E-state index contributed by atoms with van der Waals surface area (Å²) in [5.74, 6) is -0.235. The normalized spacial score (nSPS) is 18.4. The van der Waals surface area contributed by atoms with Crippen LogP contribution in [-0.2, 0) is 27.3 Å². The number of nitrogens with zero attached hydrogens (tertiary/aromatic N) is 5. The molecule has 2 aliphatic rings. The summed E-state index contributed by atoms with van der Waals surface area (Å²) < 4.78 is 0. The lowest BCUT2D eigenvalue weighted by molar-refractivity contribution is -0.189. The van der Waals surface area contributed by atoms with Gasteiger partial charge in [0.1, 0.15) is 23.8 Å². The molecule has 0 unspecified atom stereocenters. The molecule has 3 aromatic rings. The molecule has 5 rings (SSSR count). The molecule has 2 atom stereocenters. The summed E-state index contributed by atoms with van der Waals surface area (Å²) in [4.78, 5) is 61.3. The number of nitrogens with one attached hydrogen (secondary N) is 2. The van der Waals surface area contributed by atoms with E-state index in [1.165, 1.54) is 22.0 Å². The van der Waals surface area contributed by atoms with Crippen molar-refractivity contribution in [1.29, 1.82) is 0 Å². The van der Waals surface area contributed by atoms with Crippen LogP contribution >= 0.6 is 0 Å². The van der Waals surface area contributed by atoms with E-state index in [1.807, 2.05) is 30.3 Å². The zero-order valence-corrected chi connectivity index (χ0v) is 24.9. The van der Waals surface area contributed by atoms with Crippen LogP contribution in [0.1, 0.15) is 24.0 Å². The Morgan fingerprint density at radius 3 is 2.47 bits per heavy atom. The van der Waals surface area contributed by atoms with Gasteiger partial charge in [-0.05, 0) is 41.8 Å². The van der Waals surface area contributed by atoms with Crippen LogP contribution in [0.2, 0.25) is 0 Å². The van der Waals surface area contributed by atoms with Gasteiger partial charge in [-0.2, -0.15) is 0 Å². The molecule has 45 heavy (non-hydrogen) atoms. The van der Waals surface area contributed by atoms with Crippen molar-refractivity contribution in [2.24, 2.45) is 0 Å². The van der Waals surface area contributed by atoms with Gasteiger partial charge in [0.25, 0.3) is 0 Å². The lowest BCUT2D eigenvalue weighted by atomic mass is 9.98. The molecular weight excluding hydrogens is 574 g/mol. The minimum absolute atomic E-state index is 0.0743. The molecule has 5 amide bonds. The molecule has 3 N–H and O–H groups in total. The SMILES string of the molecule is C=CCN1CC(=O)N2[C@@H](Cc3ccc(O)cc3)C(=O)N(CCCC(=O)Nc3ccccn3)C[C@@H]2N1C(=O)NCc1ccccc1. The minimum Gasteiger partial charge on any atom is -0.508 e. The standard InChI is InChI=1S/C33H37N7O5/c1-2-18-38-23-31(43)39-27(20-24-13-15-26(41)16-14-24)32(44)37(19-8-12-29(42)36-28-11-6-7-17-34-28)22-30(39)40(38)33(45)35-21-25-9-4-3-5-10-25/h2-7,9-11,13-17,27,30,41H,1,8,12,18-23H2,(H,35,45)(H,34,36,42)/t27-,30-/m0/s1. The highest BCUT2D eigenvalue weighted by atomic mass is 16.3. The number of carbonyl (C=O) groups excluding carboxylic acids is 4. The predicted molar refractivity (Wildman–Crippen MR) is 167 cm³/mol. The van der Waals surface area contributed by atoms with E-state index in [0.717, 1.165) is 11.1 Å². The molecule has 3 heterocycles. The van der Waals surface area contributed by atoms with Gasteiger partial charge in [0.2, 0.25) is 17.7 Å². The fraction of sp³-hybridized carbons (Fsp3) is 0.303. The van der Waals surface area contributed by atoms with Gasteiger partial charge < -0.3 is 25.5 Å². The summed E-state index contributed by atoms with van der Waals surface area (Å²) in [7, 11) is 0. The van der Waals surface area contributed by atoms with E-state index in [2.05, 4.69) is 22.2 Å². The number of amides is 5. The number of fused-ring (bicyclic) bond motifs is 1. The van der Waals surface area contributed by atoms with E-state index < -0.39 is 18.2 Å². The molecule has 0 spiro atoms. The van der Waals surface area contributed by atoms with E-state index in [-0.39, 0.29) is 69.0 Å². The minimum atomic E-state index is -0.890. The highest BCUT2D eigenvalue weighted by Gasteiger charge is 2.51. The van der Waals surface area contributed by atoms with Crippen molar-refractivity contribution in [3.05, 3.63) is 103 Å². The molecular formula is C33H37N7O5. The first kappa shape index (κ1) is 31.2. The molecule has 12 nitrogen and oxygen atoms in total. The first-order valence-corrected chi connectivity index (χ1v) is 14.9. The highest BCUT2D eigenvalue weighted by molar-refractivity contribution is 5.92. The van der Waals surface area contributed by atoms with E-state index in [1.54, 1.807) is 52.5 Å². The Kier molecular flexibility index (Phi) is 10.1. The van der Waals surface area contributed by atoms with Gasteiger partial charge in [-0.15, -0.1) is 6.58 Å². The molecule has 2 aromatic carbocycles. The van der Waals surface area contributed by atoms with Crippen LogP contribution in [0.4, 0.5) is 10.6 Å². The van der Waals surface area contributed by atoms with Crippen LogP contribution < -0.4 is 10.6 Å². The number of carbonyl (C=O) groups is 4. The first-order chi connectivity index (χ1) is 21.8. The number of aromatic nitrogens is 1. The van der Waals surface area contributed by atoms with Gasteiger partial charge in [0.05, 0.1) is 13.1 Å². The first-order valence-electron chi connectivity index (χ1n) is 14.9. The summed E-state index contributed by atoms with van der Waals surface area (Å²) in [6.07, 6.45) is 3.14. The fourth-order valence-electron chi connectivity index (χ4n) is 5.68. The van der Waals surface area contributed by atoms with E-state index in [9.17, 15) is 24.3 Å². The van der Waals surface area contributed by atoms with Gasteiger partial charge in [-0.1, -0.05) is 54.6 Å². The molecule has 0 bridgehead atoms. The van der Waals surface area contributed by atoms with Crippen molar-refractivity contribution < 1.29 is 24.3 Å². The Balaban J connectivity index is 1.38. The highest BCUT2D eigenvalue weighted by Crippen LogP contribution is 2.29. The summed E-state index contributed by atoms with van der Waals surface area (Å²) in [6.45, 7) is 4.56. The Morgan fingerprint density at radius 1 is 1.00 bits per heavy atom. The monoisotopic (exact) mass is 611 g/mol. The third-order valence-corrected chi connectivity index (χ3v) is 7.79. The maximum Gasteiger partial charge on any atom is 0.334 e. The number of hydrogen-bond acceptors (Lipinski definition) is 7. The molecule has 2 aliphatic heterocycles. The number of phenolic OH excluding ortho intramolecular Hbond substituents is 1. The molecule has 12 heteroatoms. The van der Waals surface area contributed by atoms with Crippen molar-refractivity contribution in [2.45, 2.75) is 38.0 Å². The Hall–Kier alpha value is -5.23. The molecule has 0 saturated carbocycles. The number of benzene rings is 2. The Bertz CT molecular complexity index is 1500. The maximum atomic E-state index is 14.0.